The van der Waals surface area contributed by atoms with Crippen molar-refractivity contribution in [3.8, 4) is 0 Å². The van der Waals surface area contributed by atoms with Crippen LogP contribution in [0.15, 0.2) is 18.2 Å². The molecule has 100 valence electrons. The lowest BCUT2D eigenvalue weighted by molar-refractivity contribution is 0.116. The number of rotatable bonds is 4. The molecule has 1 aromatic rings. The highest BCUT2D eigenvalue weighted by molar-refractivity contribution is 5.20. The summed E-state index contributed by atoms with van der Waals surface area (Å²) in [7, 11) is 0. The molecule has 1 aromatic carbocycles. The maximum atomic E-state index is 13.6. The fourth-order valence-electron chi connectivity index (χ4n) is 2.44. The average Bonchev–Trinajstić information content (AvgIpc) is 2.78. The van der Waals surface area contributed by atoms with Crippen LogP contribution < -0.4 is 11.3 Å². The summed E-state index contributed by atoms with van der Waals surface area (Å²) >= 11 is 0. The first kappa shape index (κ1) is 13.4. The van der Waals surface area contributed by atoms with Crippen LogP contribution in [0.5, 0.6) is 0 Å². The van der Waals surface area contributed by atoms with E-state index in [2.05, 4.69) is 5.43 Å². The molecular formula is C13H18F2N2O. The van der Waals surface area contributed by atoms with Gasteiger partial charge in [0.25, 0.3) is 0 Å². The van der Waals surface area contributed by atoms with Gasteiger partial charge in [-0.05, 0) is 31.4 Å². The normalized spacial score (nSPS) is 25.3. The van der Waals surface area contributed by atoms with Crippen LogP contribution in [0.3, 0.4) is 0 Å². The molecule has 18 heavy (non-hydrogen) atoms. The Morgan fingerprint density at radius 3 is 2.89 bits per heavy atom. The second-order valence-corrected chi connectivity index (χ2v) is 4.83. The summed E-state index contributed by atoms with van der Waals surface area (Å²) in [6.07, 6.45) is 1.44. The van der Waals surface area contributed by atoms with Crippen molar-refractivity contribution in [3.05, 3.63) is 35.4 Å². The molecule has 0 aliphatic carbocycles. The minimum atomic E-state index is -0.820. The van der Waals surface area contributed by atoms with E-state index in [9.17, 15) is 8.78 Å². The molecule has 1 saturated heterocycles. The molecule has 3 atom stereocenters. The van der Waals surface area contributed by atoms with E-state index in [0.717, 1.165) is 12.5 Å². The van der Waals surface area contributed by atoms with E-state index in [1.54, 1.807) is 6.07 Å². The third kappa shape index (κ3) is 2.85. The van der Waals surface area contributed by atoms with Gasteiger partial charge >= 0.3 is 0 Å². The summed E-state index contributed by atoms with van der Waals surface area (Å²) in [4.78, 5) is 0. The van der Waals surface area contributed by atoms with Crippen molar-refractivity contribution in [2.75, 3.05) is 6.61 Å². The van der Waals surface area contributed by atoms with E-state index in [1.807, 2.05) is 6.92 Å². The molecule has 0 bridgehead atoms. The first-order valence-electron chi connectivity index (χ1n) is 6.12. The molecule has 1 aliphatic heterocycles. The maximum Gasteiger partial charge on any atom is 0.162 e. The van der Waals surface area contributed by atoms with Gasteiger partial charge in [0.05, 0.1) is 12.7 Å². The summed E-state index contributed by atoms with van der Waals surface area (Å²) in [5.41, 5.74) is 3.04. The summed E-state index contributed by atoms with van der Waals surface area (Å²) in [6.45, 7) is 2.60. The van der Waals surface area contributed by atoms with Gasteiger partial charge in [-0.1, -0.05) is 12.1 Å². The molecule has 1 aliphatic rings. The fraction of sp³-hybridized carbons (Fsp3) is 0.538. The number of ether oxygens (including phenoxy) is 1. The molecule has 3 N–H and O–H groups in total. The van der Waals surface area contributed by atoms with Crippen LogP contribution in [0, 0.1) is 17.6 Å². The van der Waals surface area contributed by atoms with E-state index in [4.69, 9.17) is 10.6 Å². The van der Waals surface area contributed by atoms with E-state index in [1.165, 1.54) is 6.07 Å². The maximum absolute atomic E-state index is 13.6. The summed E-state index contributed by atoms with van der Waals surface area (Å²) in [5.74, 6) is 4.13. The van der Waals surface area contributed by atoms with Gasteiger partial charge in [-0.15, -0.1) is 0 Å². The molecule has 0 aromatic heterocycles. The van der Waals surface area contributed by atoms with Crippen LogP contribution >= 0.6 is 0 Å². The van der Waals surface area contributed by atoms with E-state index in [0.29, 0.717) is 18.6 Å². The Balaban J connectivity index is 2.08. The van der Waals surface area contributed by atoms with Crippen LogP contribution in [0.1, 0.15) is 18.9 Å². The van der Waals surface area contributed by atoms with Crippen LogP contribution in [0.4, 0.5) is 8.78 Å². The predicted octanol–water partition coefficient (Wildman–Crippen LogP) is 1.76. The van der Waals surface area contributed by atoms with Crippen LogP contribution in [-0.4, -0.2) is 18.8 Å². The first-order chi connectivity index (χ1) is 8.61. The number of hydrogen-bond donors (Lipinski definition) is 2. The van der Waals surface area contributed by atoms with Crippen LogP contribution in [-0.2, 0) is 11.2 Å². The molecule has 0 amide bonds. The Morgan fingerprint density at radius 1 is 1.50 bits per heavy atom. The highest BCUT2D eigenvalue weighted by Crippen LogP contribution is 2.25. The topological polar surface area (TPSA) is 47.3 Å². The number of nitrogens with one attached hydrogen (secondary N) is 1. The first-order valence-corrected chi connectivity index (χ1v) is 6.12. The van der Waals surface area contributed by atoms with Crippen molar-refractivity contribution < 1.29 is 13.5 Å². The van der Waals surface area contributed by atoms with Gasteiger partial charge in [-0.2, -0.15) is 0 Å². The highest BCUT2D eigenvalue weighted by atomic mass is 19.2. The number of halogens is 2. The molecule has 0 saturated carbocycles. The van der Waals surface area contributed by atoms with Crippen molar-refractivity contribution in [2.24, 2.45) is 11.8 Å². The highest BCUT2D eigenvalue weighted by Gasteiger charge is 2.29. The zero-order valence-corrected chi connectivity index (χ0v) is 10.3. The zero-order chi connectivity index (χ0) is 13.1. The molecule has 3 nitrogen and oxygen atoms in total. The summed E-state index contributed by atoms with van der Waals surface area (Å²) < 4.78 is 32.2. The van der Waals surface area contributed by atoms with E-state index >= 15 is 0 Å². The fourth-order valence-corrected chi connectivity index (χ4v) is 2.44. The third-order valence-electron chi connectivity index (χ3n) is 3.48. The Morgan fingerprint density at radius 2 is 2.28 bits per heavy atom. The molecule has 5 heteroatoms. The summed E-state index contributed by atoms with van der Waals surface area (Å²) in [6, 6.07) is 4.10. The SMILES string of the molecule is CC1CC(C(Cc2cccc(F)c2F)NN)CO1. The second-order valence-electron chi connectivity index (χ2n) is 4.83. The van der Waals surface area contributed by atoms with Crippen molar-refractivity contribution in [2.45, 2.75) is 31.9 Å². The van der Waals surface area contributed by atoms with Gasteiger partial charge in [0, 0.05) is 12.0 Å². The predicted molar refractivity (Wildman–Crippen MR) is 64.7 cm³/mol. The lowest BCUT2D eigenvalue weighted by atomic mass is 9.92. The Hall–Kier alpha value is -1.04. The second kappa shape index (κ2) is 5.73. The van der Waals surface area contributed by atoms with Crippen molar-refractivity contribution in [3.63, 3.8) is 0 Å². The van der Waals surface area contributed by atoms with E-state index < -0.39 is 11.6 Å². The summed E-state index contributed by atoms with van der Waals surface area (Å²) in [5, 5.41) is 0. The Bertz CT molecular complexity index is 414. The Kier molecular flexibility index (Phi) is 4.27. The van der Waals surface area contributed by atoms with Crippen molar-refractivity contribution in [1.29, 1.82) is 0 Å². The van der Waals surface area contributed by atoms with Gasteiger partial charge < -0.3 is 4.74 Å². The molecule has 0 spiro atoms. The quantitative estimate of drug-likeness (QED) is 0.637. The molecule has 1 heterocycles. The minimum Gasteiger partial charge on any atom is -0.378 e. The van der Waals surface area contributed by atoms with Gasteiger partial charge in [-0.25, -0.2) is 8.78 Å². The molecule has 3 unspecified atom stereocenters. The van der Waals surface area contributed by atoms with Gasteiger partial charge in [0.15, 0.2) is 11.6 Å². The van der Waals surface area contributed by atoms with Gasteiger partial charge in [-0.3, -0.25) is 11.3 Å². The molecule has 2 rings (SSSR count). The number of hydrazine groups is 1. The minimum absolute atomic E-state index is 0.105. The van der Waals surface area contributed by atoms with Crippen LogP contribution in [0.25, 0.3) is 0 Å². The lowest BCUT2D eigenvalue weighted by Gasteiger charge is -2.21. The molecular weight excluding hydrogens is 238 g/mol. The van der Waals surface area contributed by atoms with Crippen molar-refractivity contribution >= 4 is 0 Å². The third-order valence-corrected chi connectivity index (χ3v) is 3.48. The molecule has 0 radical (unpaired) electrons. The molecule has 1 fully saturated rings. The van der Waals surface area contributed by atoms with Crippen LogP contribution in [0.2, 0.25) is 0 Å². The lowest BCUT2D eigenvalue weighted by Crippen LogP contribution is -2.43. The van der Waals surface area contributed by atoms with Gasteiger partial charge in [0.1, 0.15) is 0 Å². The average molecular weight is 256 g/mol. The van der Waals surface area contributed by atoms with Gasteiger partial charge in [0.2, 0.25) is 0 Å². The Labute approximate surface area is 105 Å². The number of nitrogens with two attached hydrogens (primary N) is 1. The number of hydrogen-bond acceptors (Lipinski definition) is 3. The monoisotopic (exact) mass is 256 g/mol. The smallest absolute Gasteiger partial charge is 0.162 e. The number of benzene rings is 1. The standard InChI is InChI=1S/C13H18F2N2O/c1-8-5-10(7-18-8)12(17-16)6-9-3-2-4-11(14)13(9)15/h2-4,8,10,12,17H,5-7,16H2,1H3. The van der Waals surface area contributed by atoms with Crippen molar-refractivity contribution in [1.82, 2.24) is 5.43 Å². The van der Waals surface area contributed by atoms with E-state index in [-0.39, 0.29) is 18.1 Å². The zero-order valence-electron chi connectivity index (χ0n) is 10.3. The largest absolute Gasteiger partial charge is 0.378 e.